The molecule has 0 unspecified atom stereocenters. The van der Waals surface area contributed by atoms with E-state index in [1.165, 1.54) is 0 Å². The lowest BCUT2D eigenvalue weighted by molar-refractivity contribution is -0.137. The molecule has 0 aliphatic heterocycles. The van der Waals surface area contributed by atoms with Gasteiger partial charge in [-0.2, -0.15) is 0 Å². The van der Waals surface area contributed by atoms with Gasteiger partial charge < -0.3 is 14.8 Å². The Morgan fingerprint density at radius 3 is 2.89 bits per heavy atom. The topological polar surface area (TPSA) is 62.3 Å². The number of hydrogen-bond donors (Lipinski definition) is 2. The number of aryl methyl sites for hydroxylation is 2. The van der Waals surface area contributed by atoms with Gasteiger partial charge in [0.2, 0.25) is 0 Å². The first-order chi connectivity index (χ1) is 8.61. The smallest absolute Gasteiger partial charge is 0.303 e. The molecular formula is C14H17NO3. The fourth-order valence-corrected chi connectivity index (χ4v) is 2.19. The maximum Gasteiger partial charge on any atom is 0.303 e. The lowest BCUT2D eigenvalue weighted by Crippen LogP contribution is -1.95. The van der Waals surface area contributed by atoms with Crippen LogP contribution in [0.15, 0.2) is 18.3 Å². The van der Waals surface area contributed by atoms with Gasteiger partial charge >= 0.3 is 5.97 Å². The van der Waals surface area contributed by atoms with E-state index in [1.807, 2.05) is 25.3 Å². The number of carbonyl (C=O) groups is 1. The summed E-state index contributed by atoms with van der Waals surface area (Å²) in [5.41, 5.74) is 3.38. The summed E-state index contributed by atoms with van der Waals surface area (Å²) in [6.45, 7) is 2.03. The van der Waals surface area contributed by atoms with E-state index in [0.29, 0.717) is 6.42 Å². The second-order valence-corrected chi connectivity index (χ2v) is 4.43. The average Bonchev–Trinajstić information content (AvgIpc) is 2.72. The van der Waals surface area contributed by atoms with Crippen molar-refractivity contribution in [3.8, 4) is 5.75 Å². The van der Waals surface area contributed by atoms with Crippen LogP contribution in [0.1, 0.15) is 24.0 Å². The molecule has 18 heavy (non-hydrogen) atoms. The number of aromatic amines is 1. The number of carboxylic acid groups (broad SMARTS) is 1. The number of methoxy groups -OCH3 is 1. The molecule has 1 heterocycles. The summed E-state index contributed by atoms with van der Waals surface area (Å²) < 4.78 is 5.26. The van der Waals surface area contributed by atoms with Crippen molar-refractivity contribution >= 4 is 16.9 Å². The molecule has 0 saturated carbocycles. The fourth-order valence-electron chi connectivity index (χ4n) is 2.19. The summed E-state index contributed by atoms with van der Waals surface area (Å²) in [7, 11) is 1.65. The van der Waals surface area contributed by atoms with Crippen molar-refractivity contribution in [3.63, 3.8) is 0 Å². The minimum atomic E-state index is -0.747. The Bertz CT molecular complexity index is 572. The third kappa shape index (κ3) is 2.47. The minimum absolute atomic E-state index is 0.204. The maximum absolute atomic E-state index is 10.5. The van der Waals surface area contributed by atoms with E-state index in [4.69, 9.17) is 9.84 Å². The first-order valence-corrected chi connectivity index (χ1v) is 5.98. The van der Waals surface area contributed by atoms with Crippen LogP contribution in [-0.2, 0) is 11.2 Å². The molecular weight excluding hydrogens is 230 g/mol. The molecule has 4 nitrogen and oxygen atoms in total. The van der Waals surface area contributed by atoms with Gasteiger partial charge in [0, 0.05) is 23.5 Å². The molecule has 0 atom stereocenters. The normalized spacial score (nSPS) is 10.8. The van der Waals surface area contributed by atoms with E-state index < -0.39 is 5.97 Å². The van der Waals surface area contributed by atoms with Gasteiger partial charge in [-0.15, -0.1) is 0 Å². The largest absolute Gasteiger partial charge is 0.497 e. The van der Waals surface area contributed by atoms with Crippen molar-refractivity contribution in [1.29, 1.82) is 0 Å². The van der Waals surface area contributed by atoms with E-state index in [0.717, 1.165) is 34.2 Å². The Hall–Kier alpha value is -1.97. The van der Waals surface area contributed by atoms with Gasteiger partial charge in [-0.1, -0.05) is 0 Å². The van der Waals surface area contributed by atoms with Gasteiger partial charge in [-0.05, 0) is 43.0 Å². The maximum atomic E-state index is 10.5. The summed E-state index contributed by atoms with van der Waals surface area (Å²) in [5, 5.41) is 9.78. The number of hydrogen-bond acceptors (Lipinski definition) is 2. The molecule has 2 aromatic rings. The highest BCUT2D eigenvalue weighted by atomic mass is 16.5. The van der Waals surface area contributed by atoms with Crippen molar-refractivity contribution in [2.45, 2.75) is 26.2 Å². The number of aliphatic carboxylic acids is 1. The highest BCUT2D eigenvalue weighted by molar-refractivity contribution is 5.87. The number of rotatable bonds is 5. The van der Waals surface area contributed by atoms with Crippen LogP contribution in [0.25, 0.3) is 10.9 Å². The quantitative estimate of drug-likeness (QED) is 0.854. The lowest BCUT2D eigenvalue weighted by Gasteiger charge is -2.04. The van der Waals surface area contributed by atoms with Crippen molar-refractivity contribution in [3.05, 3.63) is 29.5 Å². The zero-order valence-electron chi connectivity index (χ0n) is 10.6. The van der Waals surface area contributed by atoms with Crippen LogP contribution >= 0.6 is 0 Å². The van der Waals surface area contributed by atoms with Crippen LogP contribution in [0.4, 0.5) is 0 Å². The van der Waals surface area contributed by atoms with Crippen LogP contribution in [0, 0.1) is 6.92 Å². The van der Waals surface area contributed by atoms with Crippen LogP contribution in [0.3, 0.4) is 0 Å². The van der Waals surface area contributed by atoms with Crippen LogP contribution in [0.2, 0.25) is 0 Å². The molecule has 0 bridgehead atoms. The molecule has 4 heteroatoms. The molecule has 0 fully saturated rings. The Balaban J connectivity index is 2.28. The molecule has 0 amide bonds. The zero-order valence-corrected chi connectivity index (χ0v) is 10.6. The summed E-state index contributed by atoms with van der Waals surface area (Å²) >= 11 is 0. The Morgan fingerprint density at radius 2 is 2.22 bits per heavy atom. The van der Waals surface area contributed by atoms with Crippen molar-refractivity contribution in [1.82, 2.24) is 4.98 Å². The second kappa shape index (κ2) is 5.12. The number of nitrogens with one attached hydrogen (secondary N) is 1. The Labute approximate surface area is 106 Å². The molecule has 0 aliphatic carbocycles. The van der Waals surface area contributed by atoms with Gasteiger partial charge in [-0.3, -0.25) is 4.79 Å². The summed E-state index contributed by atoms with van der Waals surface area (Å²) in [6, 6.07) is 3.98. The molecule has 0 saturated heterocycles. The molecule has 0 spiro atoms. The van der Waals surface area contributed by atoms with Gasteiger partial charge in [0.05, 0.1) is 7.11 Å². The highest BCUT2D eigenvalue weighted by Gasteiger charge is 2.08. The lowest BCUT2D eigenvalue weighted by atomic mass is 10.0. The number of aromatic nitrogens is 1. The summed E-state index contributed by atoms with van der Waals surface area (Å²) in [6.07, 6.45) is 3.58. The predicted molar refractivity (Wildman–Crippen MR) is 70.2 cm³/mol. The molecule has 0 aliphatic rings. The first kappa shape index (κ1) is 12.5. The second-order valence-electron chi connectivity index (χ2n) is 4.43. The zero-order chi connectivity index (χ0) is 13.1. The van der Waals surface area contributed by atoms with E-state index in [1.54, 1.807) is 7.11 Å². The van der Waals surface area contributed by atoms with Crippen LogP contribution < -0.4 is 4.74 Å². The third-order valence-corrected chi connectivity index (χ3v) is 3.12. The number of ether oxygens (including phenoxy) is 1. The Morgan fingerprint density at radius 1 is 1.44 bits per heavy atom. The van der Waals surface area contributed by atoms with Crippen LogP contribution in [-0.4, -0.2) is 23.2 Å². The number of fused-ring (bicyclic) bond motifs is 1. The fraction of sp³-hybridized carbons (Fsp3) is 0.357. The van der Waals surface area contributed by atoms with Crippen molar-refractivity contribution < 1.29 is 14.6 Å². The van der Waals surface area contributed by atoms with Crippen molar-refractivity contribution in [2.24, 2.45) is 0 Å². The molecule has 2 rings (SSSR count). The molecule has 96 valence electrons. The first-order valence-electron chi connectivity index (χ1n) is 5.98. The molecule has 1 aromatic heterocycles. The van der Waals surface area contributed by atoms with Gasteiger partial charge in [0.1, 0.15) is 5.75 Å². The summed E-state index contributed by atoms with van der Waals surface area (Å²) in [4.78, 5) is 13.8. The third-order valence-electron chi connectivity index (χ3n) is 3.12. The molecule has 2 N–H and O–H groups in total. The van der Waals surface area contributed by atoms with Crippen molar-refractivity contribution in [2.75, 3.05) is 7.11 Å². The predicted octanol–water partition coefficient (Wildman–Crippen LogP) is 2.89. The SMILES string of the molecule is COc1cc(C)c2[nH]cc(CCCC(=O)O)c2c1. The van der Waals surface area contributed by atoms with E-state index >= 15 is 0 Å². The highest BCUT2D eigenvalue weighted by Crippen LogP contribution is 2.27. The van der Waals surface area contributed by atoms with Gasteiger partial charge in [0.15, 0.2) is 0 Å². The van der Waals surface area contributed by atoms with E-state index in [2.05, 4.69) is 4.98 Å². The number of H-pyrrole nitrogens is 1. The number of benzene rings is 1. The van der Waals surface area contributed by atoms with Gasteiger partial charge in [-0.25, -0.2) is 0 Å². The Kier molecular flexibility index (Phi) is 3.55. The average molecular weight is 247 g/mol. The van der Waals surface area contributed by atoms with E-state index in [-0.39, 0.29) is 6.42 Å². The van der Waals surface area contributed by atoms with E-state index in [9.17, 15) is 4.79 Å². The van der Waals surface area contributed by atoms with Gasteiger partial charge in [0.25, 0.3) is 0 Å². The summed E-state index contributed by atoms with van der Waals surface area (Å²) in [5.74, 6) is 0.0858. The number of carboxylic acids is 1. The molecule has 1 aromatic carbocycles. The van der Waals surface area contributed by atoms with Crippen LogP contribution in [0.5, 0.6) is 5.75 Å². The monoisotopic (exact) mass is 247 g/mol. The minimum Gasteiger partial charge on any atom is -0.497 e. The standard InChI is InChI=1S/C14H17NO3/c1-9-6-11(18-2)7-12-10(8-15-14(9)12)4-3-5-13(16)17/h6-8,15H,3-5H2,1-2H3,(H,16,17). The molecule has 0 radical (unpaired) electrons.